The number of hydrogen-bond donors (Lipinski definition) is 2. The van der Waals surface area contributed by atoms with Gasteiger partial charge in [0, 0.05) is 25.5 Å². The summed E-state index contributed by atoms with van der Waals surface area (Å²) >= 11 is 0. The van der Waals surface area contributed by atoms with Crippen molar-refractivity contribution in [1.29, 1.82) is 0 Å². The SMILES string of the molecule is COC(=O)CCCOc1ccc(CCC(=O)O)c(OCCCCCO)c1. The number of aliphatic hydroxyl groups excluding tert-OH is 1. The number of aryl methyl sites for hydroxylation is 1. The summed E-state index contributed by atoms with van der Waals surface area (Å²) in [4.78, 5) is 21.9. The van der Waals surface area contributed by atoms with Crippen LogP contribution in [0.3, 0.4) is 0 Å². The first-order valence-corrected chi connectivity index (χ1v) is 8.84. The molecular formula is C19H28O7. The summed E-state index contributed by atoms with van der Waals surface area (Å²) < 4.78 is 16.0. The zero-order valence-corrected chi connectivity index (χ0v) is 15.2. The van der Waals surface area contributed by atoms with Crippen molar-refractivity contribution in [3.63, 3.8) is 0 Å². The van der Waals surface area contributed by atoms with Crippen LogP contribution < -0.4 is 9.47 Å². The maximum absolute atomic E-state index is 11.1. The lowest BCUT2D eigenvalue weighted by Gasteiger charge is -2.14. The molecule has 0 bridgehead atoms. The molecule has 26 heavy (non-hydrogen) atoms. The molecule has 0 saturated heterocycles. The van der Waals surface area contributed by atoms with E-state index in [2.05, 4.69) is 4.74 Å². The highest BCUT2D eigenvalue weighted by Gasteiger charge is 2.09. The normalized spacial score (nSPS) is 10.4. The van der Waals surface area contributed by atoms with Gasteiger partial charge in [0.15, 0.2) is 0 Å². The van der Waals surface area contributed by atoms with Crippen LogP contribution in [0.1, 0.15) is 44.1 Å². The van der Waals surface area contributed by atoms with Crippen molar-refractivity contribution in [1.82, 2.24) is 0 Å². The van der Waals surface area contributed by atoms with Crippen LogP contribution in [0.4, 0.5) is 0 Å². The maximum Gasteiger partial charge on any atom is 0.305 e. The van der Waals surface area contributed by atoms with E-state index in [1.807, 2.05) is 6.07 Å². The number of rotatable bonds is 14. The van der Waals surface area contributed by atoms with Crippen molar-refractivity contribution in [3.05, 3.63) is 23.8 Å². The van der Waals surface area contributed by atoms with Crippen molar-refractivity contribution in [2.24, 2.45) is 0 Å². The molecule has 0 radical (unpaired) electrons. The van der Waals surface area contributed by atoms with Gasteiger partial charge >= 0.3 is 11.9 Å². The summed E-state index contributed by atoms with van der Waals surface area (Å²) in [5.74, 6) is 0.0894. The number of unbranched alkanes of at least 4 members (excludes halogenated alkanes) is 2. The molecule has 7 heteroatoms. The van der Waals surface area contributed by atoms with Crippen LogP contribution in [0.25, 0.3) is 0 Å². The molecule has 7 nitrogen and oxygen atoms in total. The number of esters is 1. The molecule has 1 rings (SSSR count). The minimum Gasteiger partial charge on any atom is -0.493 e. The Bertz CT molecular complexity index is 557. The lowest BCUT2D eigenvalue weighted by atomic mass is 10.1. The zero-order valence-electron chi connectivity index (χ0n) is 15.2. The van der Waals surface area contributed by atoms with E-state index in [1.54, 1.807) is 12.1 Å². The third-order valence-corrected chi connectivity index (χ3v) is 3.73. The molecule has 0 spiro atoms. The zero-order chi connectivity index (χ0) is 19.2. The molecule has 0 aliphatic rings. The highest BCUT2D eigenvalue weighted by Crippen LogP contribution is 2.27. The second-order valence-corrected chi connectivity index (χ2v) is 5.82. The van der Waals surface area contributed by atoms with E-state index in [1.165, 1.54) is 7.11 Å². The fourth-order valence-electron chi connectivity index (χ4n) is 2.29. The van der Waals surface area contributed by atoms with Crippen molar-refractivity contribution >= 4 is 11.9 Å². The smallest absolute Gasteiger partial charge is 0.305 e. The van der Waals surface area contributed by atoms with Crippen molar-refractivity contribution in [2.45, 2.75) is 44.9 Å². The van der Waals surface area contributed by atoms with Crippen molar-refractivity contribution in [3.8, 4) is 11.5 Å². The number of carbonyl (C=O) groups excluding carboxylic acids is 1. The van der Waals surface area contributed by atoms with Gasteiger partial charge < -0.3 is 24.4 Å². The Hall–Kier alpha value is -2.28. The number of carboxylic acid groups (broad SMARTS) is 1. The van der Waals surface area contributed by atoms with Crippen LogP contribution >= 0.6 is 0 Å². The van der Waals surface area contributed by atoms with E-state index in [-0.39, 0.29) is 19.0 Å². The van der Waals surface area contributed by atoms with Gasteiger partial charge in [0.1, 0.15) is 11.5 Å². The maximum atomic E-state index is 11.1. The average Bonchev–Trinajstić information content (AvgIpc) is 2.63. The van der Waals surface area contributed by atoms with Gasteiger partial charge in [-0.1, -0.05) is 6.07 Å². The molecule has 2 N–H and O–H groups in total. The number of hydrogen-bond acceptors (Lipinski definition) is 6. The minimum absolute atomic E-state index is 0.0280. The summed E-state index contributed by atoms with van der Waals surface area (Å²) in [6.45, 7) is 1.03. The van der Waals surface area contributed by atoms with Crippen LogP contribution in [-0.2, 0) is 20.7 Å². The molecule has 0 aliphatic carbocycles. The van der Waals surface area contributed by atoms with E-state index >= 15 is 0 Å². The van der Waals surface area contributed by atoms with Gasteiger partial charge in [-0.3, -0.25) is 9.59 Å². The lowest BCUT2D eigenvalue weighted by Crippen LogP contribution is -2.06. The number of ether oxygens (including phenoxy) is 3. The summed E-state index contributed by atoms with van der Waals surface area (Å²) in [5, 5.41) is 17.7. The number of carbonyl (C=O) groups is 2. The Labute approximate surface area is 153 Å². The van der Waals surface area contributed by atoms with E-state index < -0.39 is 5.97 Å². The lowest BCUT2D eigenvalue weighted by molar-refractivity contribution is -0.141. The molecule has 0 amide bonds. The number of methoxy groups -OCH3 is 1. The van der Waals surface area contributed by atoms with E-state index in [0.29, 0.717) is 44.0 Å². The first-order valence-electron chi connectivity index (χ1n) is 8.84. The third kappa shape index (κ3) is 9.27. The van der Waals surface area contributed by atoms with E-state index in [9.17, 15) is 9.59 Å². The number of aliphatic hydroxyl groups is 1. The van der Waals surface area contributed by atoms with Gasteiger partial charge in [-0.05, 0) is 43.7 Å². The largest absolute Gasteiger partial charge is 0.493 e. The van der Waals surface area contributed by atoms with Crippen LogP contribution in [0.2, 0.25) is 0 Å². The molecule has 1 aromatic rings. The van der Waals surface area contributed by atoms with Gasteiger partial charge in [-0.2, -0.15) is 0 Å². The van der Waals surface area contributed by atoms with Gasteiger partial charge in [0.05, 0.1) is 20.3 Å². The van der Waals surface area contributed by atoms with Crippen molar-refractivity contribution < 1.29 is 34.0 Å². The molecule has 0 heterocycles. The van der Waals surface area contributed by atoms with E-state index in [0.717, 1.165) is 24.8 Å². The molecule has 0 fully saturated rings. The predicted octanol–water partition coefficient (Wildman–Crippen LogP) is 2.58. The fraction of sp³-hybridized carbons (Fsp3) is 0.579. The summed E-state index contributed by atoms with van der Waals surface area (Å²) in [6.07, 6.45) is 3.66. The fourth-order valence-corrected chi connectivity index (χ4v) is 2.29. The molecule has 0 atom stereocenters. The average molecular weight is 368 g/mol. The second-order valence-electron chi connectivity index (χ2n) is 5.82. The van der Waals surface area contributed by atoms with Gasteiger partial charge in [-0.15, -0.1) is 0 Å². The first kappa shape index (κ1) is 21.8. The molecule has 0 unspecified atom stereocenters. The van der Waals surface area contributed by atoms with Crippen LogP contribution in [-0.4, -0.2) is 49.1 Å². The van der Waals surface area contributed by atoms with Crippen LogP contribution in [0.15, 0.2) is 18.2 Å². The monoisotopic (exact) mass is 368 g/mol. The molecule has 0 aliphatic heterocycles. The highest BCUT2D eigenvalue weighted by atomic mass is 16.5. The summed E-state index contributed by atoms with van der Waals surface area (Å²) in [6, 6.07) is 5.33. The Kier molecular flexibility index (Phi) is 10.9. The summed E-state index contributed by atoms with van der Waals surface area (Å²) in [5.41, 5.74) is 0.816. The van der Waals surface area contributed by atoms with Gasteiger partial charge in [0.2, 0.25) is 0 Å². The molecule has 1 aromatic carbocycles. The first-order chi connectivity index (χ1) is 12.6. The van der Waals surface area contributed by atoms with E-state index in [4.69, 9.17) is 19.7 Å². The standard InChI is InChI=1S/C19H28O7/c1-24-19(23)6-5-13-25-16-9-7-15(8-10-18(21)22)17(14-16)26-12-4-2-3-11-20/h7,9,14,20H,2-6,8,10-13H2,1H3,(H,21,22). The third-order valence-electron chi connectivity index (χ3n) is 3.73. The Balaban J connectivity index is 2.60. The Morgan fingerprint density at radius 2 is 1.77 bits per heavy atom. The van der Waals surface area contributed by atoms with Gasteiger partial charge in [0.25, 0.3) is 0 Å². The van der Waals surface area contributed by atoms with Crippen molar-refractivity contribution in [2.75, 3.05) is 26.9 Å². The Morgan fingerprint density at radius 1 is 1.00 bits per heavy atom. The number of carboxylic acids is 1. The molecule has 0 aromatic heterocycles. The minimum atomic E-state index is -0.859. The molecule has 146 valence electrons. The summed E-state index contributed by atoms with van der Waals surface area (Å²) in [7, 11) is 1.35. The second kappa shape index (κ2) is 13.0. The number of aliphatic carboxylic acids is 1. The quantitative estimate of drug-likeness (QED) is 0.384. The topological polar surface area (TPSA) is 102 Å². The van der Waals surface area contributed by atoms with Crippen LogP contribution in [0.5, 0.6) is 11.5 Å². The van der Waals surface area contributed by atoms with Gasteiger partial charge in [-0.25, -0.2) is 0 Å². The Morgan fingerprint density at radius 3 is 2.46 bits per heavy atom. The highest BCUT2D eigenvalue weighted by molar-refractivity contribution is 5.69. The number of benzene rings is 1. The molecule has 0 saturated carbocycles. The molecular weight excluding hydrogens is 340 g/mol. The van der Waals surface area contributed by atoms with Crippen LogP contribution in [0, 0.1) is 0 Å². The predicted molar refractivity (Wildman–Crippen MR) is 95.6 cm³/mol.